The van der Waals surface area contributed by atoms with Crippen LogP contribution in [0.1, 0.15) is 22.6 Å². The van der Waals surface area contributed by atoms with Crippen LogP contribution in [-0.2, 0) is 0 Å². The van der Waals surface area contributed by atoms with Gasteiger partial charge >= 0.3 is 0 Å². The highest BCUT2D eigenvalue weighted by Crippen LogP contribution is 2.30. The molecule has 0 saturated carbocycles. The zero-order chi connectivity index (χ0) is 13.8. The van der Waals surface area contributed by atoms with Crippen LogP contribution in [0.2, 0.25) is 0 Å². The third kappa shape index (κ3) is 2.50. The van der Waals surface area contributed by atoms with E-state index in [1.54, 1.807) is 6.07 Å². The fraction of sp³-hybridized carbons (Fsp3) is 0.0526. The van der Waals surface area contributed by atoms with Crippen molar-refractivity contribution in [3.05, 3.63) is 102 Å². The summed E-state index contributed by atoms with van der Waals surface area (Å²) >= 11 is 0. The van der Waals surface area contributed by atoms with Gasteiger partial charge in [-0.1, -0.05) is 66.7 Å². The molecule has 0 radical (unpaired) electrons. The molecule has 0 spiro atoms. The van der Waals surface area contributed by atoms with Gasteiger partial charge in [-0.3, -0.25) is 0 Å². The minimum Gasteiger partial charge on any atom is -0.501 e. The lowest BCUT2D eigenvalue weighted by atomic mass is 9.86. The highest BCUT2D eigenvalue weighted by molar-refractivity contribution is 5.42. The molecule has 3 rings (SSSR count). The zero-order valence-corrected chi connectivity index (χ0v) is 11.0. The van der Waals surface area contributed by atoms with Gasteiger partial charge in [0.2, 0.25) is 0 Å². The minimum atomic E-state index is 0.106. The molecule has 3 aromatic rings. The zero-order valence-electron chi connectivity index (χ0n) is 11.0. The van der Waals surface area contributed by atoms with Crippen LogP contribution in [0.15, 0.2) is 72.8 Å². The summed E-state index contributed by atoms with van der Waals surface area (Å²) in [5.41, 5.74) is 3.41. The lowest BCUT2D eigenvalue weighted by molar-refractivity contribution is 0.475. The lowest BCUT2D eigenvalue weighted by Crippen LogP contribution is -2.02. The number of benzene rings is 2. The summed E-state index contributed by atoms with van der Waals surface area (Å²) in [5.74, 6) is 0.225. The Morgan fingerprint density at radius 1 is 0.650 bits per heavy atom. The molecule has 96 valence electrons. The molecule has 0 bridgehead atoms. The van der Waals surface area contributed by atoms with Gasteiger partial charge in [0, 0.05) is 11.5 Å². The predicted molar refractivity (Wildman–Crippen MR) is 79.6 cm³/mol. The summed E-state index contributed by atoms with van der Waals surface area (Å²) in [7, 11) is 0. The van der Waals surface area contributed by atoms with Crippen LogP contribution in [0.5, 0.6) is 5.75 Å². The standard InChI is InChI=1S/C19H14O/c20-18-13-11-17(12-14-18)19(15-7-3-1-4-8-15)16-9-5-2-6-10-16/h1-11,13,19-20H. The SMILES string of the molecule is Oc1c#cc(C(c2ccccc2)c2ccccc2)cc1. The maximum Gasteiger partial charge on any atom is 0.167 e. The molecular formula is C19H14O. The molecule has 0 atom stereocenters. The summed E-state index contributed by atoms with van der Waals surface area (Å²) < 4.78 is 0. The normalized spacial score (nSPS) is 10.2. The van der Waals surface area contributed by atoms with Crippen LogP contribution in [0.25, 0.3) is 0 Å². The molecule has 1 nitrogen and oxygen atoms in total. The number of hydrogen-bond donors (Lipinski definition) is 1. The molecule has 0 amide bonds. The van der Waals surface area contributed by atoms with Gasteiger partial charge in [0.15, 0.2) is 5.75 Å². The first-order valence-electron chi connectivity index (χ1n) is 6.57. The van der Waals surface area contributed by atoms with Gasteiger partial charge in [-0.25, -0.2) is 0 Å². The molecule has 0 aliphatic heterocycles. The van der Waals surface area contributed by atoms with Crippen LogP contribution < -0.4 is 0 Å². The Morgan fingerprint density at radius 2 is 1.20 bits per heavy atom. The molecule has 1 heteroatoms. The van der Waals surface area contributed by atoms with Crippen molar-refractivity contribution in [2.45, 2.75) is 5.92 Å². The summed E-state index contributed by atoms with van der Waals surface area (Å²) in [6.45, 7) is 0. The first-order valence-corrected chi connectivity index (χ1v) is 6.57. The van der Waals surface area contributed by atoms with Gasteiger partial charge < -0.3 is 5.11 Å². The van der Waals surface area contributed by atoms with E-state index in [4.69, 9.17) is 0 Å². The summed E-state index contributed by atoms with van der Waals surface area (Å²) in [5, 5.41) is 9.39. The van der Waals surface area contributed by atoms with E-state index in [1.807, 2.05) is 42.5 Å². The Labute approximate surface area is 119 Å². The maximum atomic E-state index is 9.39. The van der Waals surface area contributed by atoms with Gasteiger partial charge in [-0.2, -0.15) is 0 Å². The highest BCUT2D eigenvalue weighted by Gasteiger charge is 2.16. The third-order valence-corrected chi connectivity index (χ3v) is 3.33. The number of aromatic hydroxyl groups is 1. The lowest BCUT2D eigenvalue weighted by Gasteiger charge is -2.17. The van der Waals surface area contributed by atoms with E-state index in [0.717, 1.165) is 5.56 Å². The van der Waals surface area contributed by atoms with E-state index in [2.05, 4.69) is 36.4 Å². The van der Waals surface area contributed by atoms with Gasteiger partial charge in [0.05, 0.1) is 0 Å². The van der Waals surface area contributed by atoms with Gasteiger partial charge in [0.1, 0.15) is 0 Å². The van der Waals surface area contributed by atoms with Gasteiger partial charge in [-0.15, -0.1) is 0 Å². The molecule has 0 saturated heterocycles. The summed E-state index contributed by atoms with van der Waals surface area (Å²) in [6.07, 6.45) is 0. The largest absolute Gasteiger partial charge is 0.501 e. The molecule has 1 N–H and O–H groups in total. The Hall–Kier alpha value is -2.72. The van der Waals surface area contributed by atoms with E-state index in [1.165, 1.54) is 11.1 Å². The van der Waals surface area contributed by atoms with E-state index >= 15 is 0 Å². The van der Waals surface area contributed by atoms with Gasteiger partial charge in [0.25, 0.3) is 0 Å². The maximum absolute atomic E-state index is 9.39. The Bertz CT molecular complexity index is 618. The second-order valence-electron chi connectivity index (χ2n) is 4.68. The van der Waals surface area contributed by atoms with Crippen molar-refractivity contribution in [1.82, 2.24) is 0 Å². The fourth-order valence-electron chi connectivity index (χ4n) is 2.40. The van der Waals surface area contributed by atoms with E-state index in [0.29, 0.717) is 0 Å². The Balaban J connectivity index is 2.11. The van der Waals surface area contributed by atoms with Crippen molar-refractivity contribution in [3.8, 4) is 5.75 Å². The molecule has 0 aromatic heterocycles. The van der Waals surface area contributed by atoms with Crippen LogP contribution >= 0.6 is 0 Å². The third-order valence-electron chi connectivity index (χ3n) is 3.33. The quantitative estimate of drug-likeness (QED) is 0.747. The van der Waals surface area contributed by atoms with E-state index in [9.17, 15) is 5.11 Å². The molecular weight excluding hydrogens is 244 g/mol. The molecule has 0 heterocycles. The second-order valence-corrected chi connectivity index (χ2v) is 4.68. The van der Waals surface area contributed by atoms with Crippen molar-refractivity contribution in [1.29, 1.82) is 0 Å². The summed E-state index contributed by atoms with van der Waals surface area (Å²) in [6, 6.07) is 30.0. The summed E-state index contributed by atoms with van der Waals surface area (Å²) in [4.78, 5) is 0. The fourth-order valence-corrected chi connectivity index (χ4v) is 2.40. The van der Waals surface area contributed by atoms with Crippen molar-refractivity contribution in [2.75, 3.05) is 0 Å². The second kappa shape index (κ2) is 5.50. The Kier molecular flexibility index (Phi) is 3.39. The smallest absolute Gasteiger partial charge is 0.167 e. The first-order chi connectivity index (χ1) is 9.84. The first kappa shape index (κ1) is 12.3. The molecule has 0 unspecified atom stereocenters. The van der Waals surface area contributed by atoms with E-state index < -0.39 is 0 Å². The number of rotatable bonds is 3. The topological polar surface area (TPSA) is 20.2 Å². The van der Waals surface area contributed by atoms with Crippen molar-refractivity contribution in [3.63, 3.8) is 0 Å². The highest BCUT2D eigenvalue weighted by atomic mass is 16.3. The molecule has 0 aliphatic rings. The van der Waals surface area contributed by atoms with Crippen molar-refractivity contribution in [2.24, 2.45) is 0 Å². The molecule has 0 aliphatic carbocycles. The molecule has 20 heavy (non-hydrogen) atoms. The van der Waals surface area contributed by atoms with Crippen LogP contribution in [0.3, 0.4) is 0 Å². The van der Waals surface area contributed by atoms with Crippen LogP contribution in [0.4, 0.5) is 0 Å². The molecule has 3 aromatic carbocycles. The Morgan fingerprint density at radius 3 is 1.65 bits per heavy atom. The van der Waals surface area contributed by atoms with Crippen LogP contribution in [-0.4, -0.2) is 5.11 Å². The monoisotopic (exact) mass is 258 g/mol. The average Bonchev–Trinajstić information content (AvgIpc) is 2.52. The average molecular weight is 258 g/mol. The van der Waals surface area contributed by atoms with Crippen molar-refractivity contribution < 1.29 is 5.11 Å². The molecule has 0 fully saturated rings. The van der Waals surface area contributed by atoms with Gasteiger partial charge in [-0.05, 0) is 29.3 Å². The predicted octanol–water partition coefficient (Wildman–Crippen LogP) is 4.17. The van der Waals surface area contributed by atoms with E-state index in [-0.39, 0.29) is 11.7 Å². The van der Waals surface area contributed by atoms with Crippen LogP contribution in [0, 0.1) is 12.1 Å². The van der Waals surface area contributed by atoms with Crippen molar-refractivity contribution >= 4 is 0 Å². The minimum absolute atomic E-state index is 0.106. The number of hydrogen-bond acceptors (Lipinski definition) is 1.